The molecule has 0 aliphatic heterocycles. The van der Waals surface area contributed by atoms with E-state index in [1.807, 2.05) is 6.92 Å². The maximum atomic E-state index is 9.99. The summed E-state index contributed by atoms with van der Waals surface area (Å²) in [5.41, 5.74) is 0.655. The molecule has 0 amide bonds. The van der Waals surface area contributed by atoms with Crippen molar-refractivity contribution in [1.29, 1.82) is 0 Å². The van der Waals surface area contributed by atoms with Gasteiger partial charge in [0.05, 0.1) is 13.2 Å². The van der Waals surface area contributed by atoms with E-state index in [2.05, 4.69) is 5.32 Å². The monoisotopic (exact) mass is 289 g/mol. The van der Waals surface area contributed by atoms with Gasteiger partial charge in [0, 0.05) is 37.4 Å². The lowest BCUT2D eigenvalue weighted by Gasteiger charge is -2.22. The average Bonchev–Trinajstić information content (AvgIpc) is 2.40. The molecule has 2 N–H and O–H groups in total. The molecule has 0 bridgehead atoms. The first kappa shape index (κ1) is 16.0. The standard InChI is InChI=1S/C13H20ClNO4/c1-8(13(18-3)19-4)15-7-9-5-10(14)6-11(17-2)12(9)16/h5-6,8,13,15-16H,7H2,1-4H3. The van der Waals surface area contributed by atoms with Gasteiger partial charge in [0.25, 0.3) is 0 Å². The average molecular weight is 290 g/mol. The van der Waals surface area contributed by atoms with Crippen molar-refractivity contribution in [3.63, 3.8) is 0 Å². The van der Waals surface area contributed by atoms with E-state index in [9.17, 15) is 5.11 Å². The number of aromatic hydroxyl groups is 1. The van der Waals surface area contributed by atoms with Crippen LogP contribution in [-0.2, 0) is 16.0 Å². The molecule has 0 saturated heterocycles. The van der Waals surface area contributed by atoms with E-state index >= 15 is 0 Å². The molecule has 0 radical (unpaired) electrons. The minimum absolute atomic E-state index is 0.0422. The molecule has 1 atom stereocenters. The second kappa shape index (κ2) is 7.55. The van der Waals surface area contributed by atoms with Gasteiger partial charge in [0.1, 0.15) is 0 Å². The molecular formula is C13H20ClNO4. The van der Waals surface area contributed by atoms with Gasteiger partial charge < -0.3 is 24.6 Å². The van der Waals surface area contributed by atoms with E-state index in [4.69, 9.17) is 25.8 Å². The fourth-order valence-electron chi connectivity index (χ4n) is 1.79. The molecule has 0 saturated carbocycles. The Balaban J connectivity index is 2.75. The third kappa shape index (κ3) is 4.24. The highest BCUT2D eigenvalue weighted by atomic mass is 35.5. The van der Waals surface area contributed by atoms with Crippen molar-refractivity contribution in [1.82, 2.24) is 5.32 Å². The fourth-order valence-corrected chi connectivity index (χ4v) is 2.02. The van der Waals surface area contributed by atoms with Crippen LogP contribution in [0.3, 0.4) is 0 Å². The van der Waals surface area contributed by atoms with Crippen molar-refractivity contribution in [2.24, 2.45) is 0 Å². The number of phenolic OH excluding ortho intramolecular Hbond substituents is 1. The molecule has 5 nitrogen and oxygen atoms in total. The van der Waals surface area contributed by atoms with Gasteiger partial charge >= 0.3 is 0 Å². The summed E-state index contributed by atoms with van der Waals surface area (Å²) < 4.78 is 15.4. The largest absolute Gasteiger partial charge is 0.504 e. The van der Waals surface area contributed by atoms with Gasteiger partial charge in [0.15, 0.2) is 17.8 Å². The predicted octanol–water partition coefficient (Wildman–Crippen LogP) is 2.15. The molecule has 1 rings (SSSR count). The van der Waals surface area contributed by atoms with Gasteiger partial charge in [-0.3, -0.25) is 0 Å². The van der Waals surface area contributed by atoms with E-state index < -0.39 is 0 Å². The van der Waals surface area contributed by atoms with Crippen LogP contribution in [0.15, 0.2) is 12.1 Å². The Bertz CT molecular complexity index is 410. The van der Waals surface area contributed by atoms with Gasteiger partial charge in [-0.05, 0) is 13.0 Å². The first-order valence-corrected chi connectivity index (χ1v) is 6.25. The van der Waals surface area contributed by atoms with E-state index in [1.54, 1.807) is 26.4 Å². The number of methoxy groups -OCH3 is 3. The molecule has 0 aromatic heterocycles. The van der Waals surface area contributed by atoms with E-state index in [-0.39, 0.29) is 18.1 Å². The second-order valence-electron chi connectivity index (χ2n) is 4.13. The van der Waals surface area contributed by atoms with Crippen LogP contribution in [0.1, 0.15) is 12.5 Å². The molecular weight excluding hydrogens is 270 g/mol. The molecule has 1 aromatic rings. The van der Waals surface area contributed by atoms with Crippen molar-refractivity contribution in [3.8, 4) is 11.5 Å². The zero-order valence-corrected chi connectivity index (χ0v) is 12.3. The summed E-state index contributed by atoms with van der Waals surface area (Å²) in [6.07, 6.45) is -0.358. The zero-order chi connectivity index (χ0) is 14.4. The Kier molecular flexibility index (Phi) is 6.37. The first-order valence-electron chi connectivity index (χ1n) is 5.87. The summed E-state index contributed by atoms with van der Waals surface area (Å²) in [7, 11) is 4.63. The highest BCUT2D eigenvalue weighted by Gasteiger charge is 2.16. The van der Waals surface area contributed by atoms with Crippen LogP contribution in [0.5, 0.6) is 11.5 Å². The van der Waals surface area contributed by atoms with Gasteiger partial charge in [-0.1, -0.05) is 11.6 Å². The third-order valence-electron chi connectivity index (χ3n) is 2.83. The quantitative estimate of drug-likeness (QED) is 0.753. The number of halogens is 1. The Hall–Kier alpha value is -1.01. The molecule has 19 heavy (non-hydrogen) atoms. The maximum Gasteiger partial charge on any atom is 0.171 e. The summed E-state index contributed by atoms with van der Waals surface area (Å²) in [6.45, 7) is 2.35. The van der Waals surface area contributed by atoms with Crippen molar-refractivity contribution in [3.05, 3.63) is 22.7 Å². The zero-order valence-electron chi connectivity index (χ0n) is 11.6. The number of hydrogen-bond donors (Lipinski definition) is 2. The van der Waals surface area contributed by atoms with Crippen molar-refractivity contribution >= 4 is 11.6 Å². The van der Waals surface area contributed by atoms with Crippen LogP contribution in [0, 0.1) is 0 Å². The Morgan fingerprint density at radius 1 is 1.26 bits per heavy atom. The van der Waals surface area contributed by atoms with Crippen LogP contribution >= 0.6 is 11.6 Å². The van der Waals surface area contributed by atoms with Crippen molar-refractivity contribution in [2.75, 3.05) is 21.3 Å². The second-order valence-corrected chi connectivity index (χ2v) is 4.56. The number of nitrogens with one attached hydrogen (secondary N) is 1. The summed E-state index contributed by atoms with van der Waals surface area (Å²) >= 11 is 5.96. The minimum atomic E-state index is -0.358. The normalized spacial score (nSPS) is 12.7. The van der Waals surface area contributed by atoms with Gasteiger partial charge in [-0.2, -0.15) is 0 Å². The number of rotatable bonds is 7. The van der Waals surface area contributed by atoms with E-state index in [0.29, 0.717) is 22.9 Å². The highest BCUT2D eigenvalue weighted by molar-refractivity contribution is 6.30. The number of hydrogen-bond acceptors (Lipinski definition) is 5. The molecule has 0 aliphatic rings. The van der Waals surface area contributed by atoms with Gasteiger partial charge in [-0.25, -0.2) is 0 Å². The smallest absolute Gasteiger partial charge is 0.171 e. The highest BCUT2D eigenvalue weighted by Crippen LogP contribution is 2.33. The molecule has 1 aromatic carbocycles. The first-order chi connectivity index (χ1) is 9.03. The summed E-state index contributed by atoms with van der Waals surface area (Å²) in [5.74, 6) is 0.435. The molecule has 1 unspecified atom stereocenters. The summed E-state index contributed by atoms with van der Waals surface area (Å²) in [6, 6.07) is 3.21. The topological polar surface area (TPSA) is 60.0 Å². The Labute approximate surface area is 118 Å². The summed E-state index contributed by atoms with van der Waals surface area (Å²) in [4.78, 5) is 0. The predicted molar refractivity (Wildman–Crippen MR) is 73.8 cm³/mol. The van der Waals surface area contributed by atoms with Gasteiger partial charge in [-0.15, -0.1) is 0 Å². The molecule has 0 heterocycles. The van der Waals surface area contributed by atoms with E-state index in [0.717, 1.165) is 0 Å². The SMILES string of the molecule is COc1cc(Cl)cc(CNC(C)C(OC)OC)c1O. The number of ether oxygens (including phenoxy) is 3. The molecule has 0 spiro atoms. The Morgan fingerprint density at radius 3 is 2.42 bits per heavy atom. The lowest BCUT2D eigenvalue weighted by Crippen LogP contribution is -2.39. The number of phenols is 1. The minimum Gasteiger partial charge on any atom is -0.504 e. The van der Waals surface area contributed by atoms with Crippen molar-refractivity contribution < 1.29 is 19.3 Å². The number of benzene rings is 1. The van der Waals surface area contributed by atoms with Crippen LogP contribution < -0.4 is 10.1 Å². The fraction of sp³-hybridized carbons (Fsp3) is 0.538. The Morgan fingerprint density at radius 2 is 1.89 bits per heavy atom. The summed E-state index contributed by atoms with van der Waals surface area (Å²) in [5, 5.41) is 13.7. The van der Waals surface area contributed by atoms with Crippen LogP contribution in [0.2, 0.25) is 5.02 Å². The van der Waals surface area contributed by atoms with E-state index in [1.165, 1.54) is 7.11 Å². The molecule has 0 fully saturated rings. The third-order valence-corrected chi connectivity index (χ3v) is 3.04. The molecule has 108 valence electrons. The van der Waals surface area contributed by atoms with Crippen molar-refractivity contribution in [2.45, 2.75) is 25.8 Å². The van der Waals surface area contributed by atoms with Crippen LogP contribution in [0.25, 0.3) is 0 Å². The van der Waals surface area contributed by atoms with Crippen LogP contribution in [-0.4, -0.2) is 38.8 Å². The molecule has 0 aliphatic carbocycles. The maximum absolute atomic E-state index is 9.99. The molecule has 6 heteroatoms. The lowest BCUT2D eigenvalue weighted by atomic mass is 10.1. The van der Waals surface area contributed by atoms with Crippen LogP contribution in [0.4, 0.5) is 0 Å². The van der Waals surface area contributed by atoms with Gasteiger partial charge in [0.2, 0.25) is 0 Å². The lowest BCUT2D eigenvalue weighted by molar-refractivity contribution is -0.119.